The van der Waals surface area contributed by atoms with Crippen LogP contribution in [0.4, 0.5) is 0 Å². The summed E-state index contributed by atoms with van der Waals surface area (Å²) in [4.78, 5) is 11.5. The molecule has 0 bridgehead atoms. The number of hydrogen-bond acceptors (Lipinski definition) is 2. The molecule has 0 unspecified atom stereocenters. The molecule has 0 saturated heterocycles. The van der Waals surface area contributed by atoms with Crippen molar-refractivity contribution in [3.63, 3.8) is 0 Å². The molecular formula is C29H36IO2P. The van der Waals surface area contributed by atoms with Crippen LogP contribution < -0.4 is 15.9 Å². The van der Waals surface area contributed by atoms with Crippen molar-refractivity contribution >= 4 is 48.2 Å². The molecule has 0 saturated carbocycles. The molecule has 0 atom stereocenters. The number of ether oxygens (including phenoxy) is 1. The van der Waals surface area contributed by atoms with Crippen LogP contribution in [0.3, 0.4) is 0 Å². The second-order valence-corrected chi connectivity index (χ2v) is 19.3. The van der Waals surface area contributed by atoms with Gasteiger partial charge in [0.25, 0.3) is 0 Å². The molecule has 0 aliphatic rings. The molecule has 0 amide bonds. The van der Waals surface area contributed by atoms with Gasteiger partial charge in [0, 0.05) is 0 Å². The average molecular weight is 574 g/mol. The van der Waals surface area contributed by atoms with Gasteiger partial charge in [-0.1, -0.05) is 0 Å². The topological polar surface area (TPSA) is 26.3 Å². The summed E-state index contributed by atoms with van der Waals surface area (Å²) in [6, 6.07) is 33.5. The molecule has 3 aromatic rings. The van der Waals surface area contributed by atoms with Crippen LogP contribution in [0, 0.1) is 0 Å². The van der Waals surface area contributed by atoms with Crippen molar-refractivity contribution in [3.05, 3.63) is 91.0 Å². The normalized spacial score (nSPS) is 12.6. The van der Waals surface area contributed by atoms with Crippen molar-refractivity contribution in [2.75, 3.05) is 12.8 Å². The Morgan fingerprint density at radius 2 is 1.06 bits per heavy atom. The summed E-state index contributed by atoms with van der Waals surface area (Å²) in [5.74, 6) is -0.0617. The van der Waals surface area contributed by atoms with E-state index in [4.69, 9.17) is 4.74 Å². The Morgan fingerprint density at radius 1 is 0.667 bits per heavy atom. The molecule has 0 spiro atoms. The molecule has 0 N–H and O–H groups in total. The van der Waals surface area contributed by atoms with E-state index < -0.39 is 4.25 Å². The molecule has 0 heterocycles. The first-order valence-electron chi connectivity index (χ1n) is 12.1. The molecule has 33 heavy (non-hydrogen) atoms. The fourth-order valence-corrected chi connectivity index (χ4v) is 13.5. The molecule has 0 radical (unpaired) electrons. The predicted molar refractivity (Wildman–Crippen MR) is 153 cm³/mol. The van der Waals surface area contributed by atoms with Crippen LogP contribution in [0.25, 0.3) is 0 Å². The first-order valence-corrected chi connectivity index (χ1v) is 17.4. The van der Waals surface area contributed by atoms with Crippen molar-refractivity contribution in [2.45, 2.75) is 51.9 Å². The van der Waals surface area contributed by atoms with E-state index in [-0.39, 0.29) is 5.97 Å². The van der Waals surface area contributed by atoms with Crippen LogP contribution in [0.1, 0.15) is 51.9 Å². The van der Waals surface area contributed by atoms with Gasteiger partial charge in [0.2, 0.25) is 0 Å². The molecule has 4 heteroatoms. The van der Waals surface area contributed by atoms with Gasteiger partial charge >= 0.3 is 213 Å². The van der Waals surface area contributed by atoms with Gasteiger partial charge in [0.1, 0.15) is 0 Å². The zero-order chi connectivity index (χ0) is 23.4. The van der Waals surface area contributed by atoms with E-state index in [1.807, 2.05) is 6.92 Å². The van der Waals surface area contributed by atoms with Crippen molar-refractivity contribution in [3.8, 4) is 0 Å². The number of rotatable bonds is 13. The Bertz CT molecular complexity index is 877. The Morgan fingerprint density at radius 3 is 1.48 bits per heavy atom. The molecule has 3 rings (SSSR count). The second kappa shape index (κ2) is 12.7. The van der Waals surface area contributed by atoms with E-state index in [1.54, 1.807) is 0 Å². The summed E-state index contributed by atoms with van der Waals surface area (Å²) in [7, 11) is 0. The molecule has 0 aliphatic carbocycles. The van der Waals surface area contributed by atoms with Gasteiger partial charge in [0.15, 0.2) is 0 Å². The van der Waals surface area contributed by atoms with Crippen LogP contribution in [0.2, 0.25) is 0 Å². The van der Waals surface area contributed by atoms with E-state index in [0.717, 1.165) is 19.0 Å². The summed E-state index contributed by atoms with van der Waals surface area (Å²) in [6.45, 7) is 2.34. The third kappa shape index (κ3) is 6.25. The van der Waals surface area contributed by atoms with Crippen LogP contribution in [-0.4, -0.2) is 18.7 Å². The summed E-state index contributed by atoms with van der Waals surface area (Å²) in [5.41, 5.74) is 0. The van der Waals surface area contributed by atoms with E-state index >= 15 is 0 Å². The van der Waals surface area contributed by atoms with Crippen molar-refractivity contribution < 1.29 is 9.53 Å². The molecule has 176 valence electrons. The van der Waals surface area contributed by atoms with Crippen molar-refractivity contribution in [2.24, 2.45) is 0 Å². The molecule has 0 fully saturated rings. The minimum absolute atomic E-state index is 0.0617. The Labute approximate surface area is 212 Å². The number of carbonyl (C=O) groups excluding carboxylic acids is 1. The van der Waals surface area contributed by atoms with Gasteiger partial charge in [-0.25, -0.2) is 0 Å². The Balaban J connectivity index is 1.76. The maximum absolute atomic E-state index is 11.5. The number of halogens is 1. The third-order valence-electron chi connectivity index (χ3n) is 6.40. The van der Waals surface area contributed by atoms with Crippen molar-refractivity contribution in [1.29, 1.82) is 0 Å². The zero-order valence-electron chi connectivity index (χ0n) is 19.7. The quantitative estimate of drug-likeness (QED) is 0.0938. The zero-order valence-corrected chi connectivity index (χ0v) is 22.7. The molecule has 2 nitrogen and oxygen atoms in total. The molecular weight excluding hydrogens is 538 g/mol. The number of unbranched alkanes of at least 4 members (excludes halogenated alkanes) is 5. The number of hydrogen-bond donors (Lipinski definition) is 0. The summed E-state index contributed by atoms with van der Waals surface area (Å²) >= 11 is 2.87. The number of carbonyl (C=O) groups is 1. The van der Waals surface area contributed by atoms with Gasteiger partial charge in [-0.05, 0) is 0 Å². The second-order valence-electron chi connectivity index (χ2n) is 8.59. The van der Waals surface area contributed by atoms with E-state index in [2.05, 4.69) is 113 Å². The van der Waals surface area contributed by atoms with Crippen molar-refractivity contribution in [1.82, 2.24) is 0 Å². The summed E-state index contributed by atoms with van der Waals surface area (Å²) < 4.78 is 2.40. The fourth-order valence-electron chi connectivity index (χ4n) is 4.67. The fraction of sp³-hybridized carbons (Fsp3) is 0.345. The van der Waals surface area contributed by atoms with Crippen LogP contribution in [0.15, 0.2) is 91.0 Å². The van der Waals surface area contributed by atoms with Gasteiger partial charge in [0.05, 0.1) is 0 Å². The minimum atomic E-state index is -2.63. The third-order valence-corrected chi connectivity index (χ3v) is 18.1. The monoisotopic (exact) mass is 574 g/mol. The standard InChI is InChI=1S/C29H36IO2P/c1-2-32-29(31)24-16-5-3-4-6-17-25-33(30,26-18-10-7-11-19-26,27-20-12-8-13-21-27)28-22-14-9-15-23-28/h7-15,18-23H,2-6,16-17,24-25H2,1H3. The maximum atomic E-state index is 11.5. The van der Waals surface area contributed by atoms with Gasteiger partial charge in [-0.2, -0.15) is 0 Å². The Hall–Kier alpha value is -1.71. The first kappa shape index (κ1) is 25.9. The van der Waals surface area contributed by atoms with Gasteiger partial charge < -0.3 is 0 Å². The van der Waals surface area contributed by atoms with Crippen LogP contribution in [0.5, 0.6) is 0 Å². The average Bonchev–Trinajstić information content (AvgIpc) is 2.87. The summed E-state index contributed by atoms with van der Waals surface area (Å²) in [6.07, 6.45) is 8.54. The molecule has 0 aromatic heterocycles. The SMILES string of the molecule is CCOC(=O)CCCCCCCCP(I)(c1ccccc1)(c1ccccc1)c1ccccc1. The summed E-state index contributed by atoms with van der Waals surface area (Å²) in [5, 5.41) is 4.36. The number of benzene rings is 3. The van der Waals surface area contributed by atoms with E-state index in [0.29, 0.717) is 13.0 Å². The predicted octanol–water partition coefficient (Wildman–Crippen LogP) is 7.16. The van der Waals surface area contributed by atoms with E-state index in [9.17, 15) is 4.79 Å². The molecule has 0 aliphatic heterocycles. The Kier molecular flexibility index (Phi) is 9.94. The van der Waals surface area contributed by atoms with Crippen LogP contribution in [-0.2, 0) is 9.53 Å². The van der Waals surface area contributed by atoms with Crippen LogP contribution >= 0.6 is 26.3 Å². The molecule has 3 aromatic carbocycles. The first-order chi connectivity index (χ1) is 16.1. The number of esters is 1. The van der Waals surface area contributed by atoms with Gasteiger partial charge in [-0.3, -0.25) is 0 Å². The van der Waals surface area contributed by atoms with E-state index in [1.165, 1.54) is 41.6 Å². The van der Waals surface area contributed by atoms with Gasteiger partial charge in [-0.15, -0.1) is 0 Å².